The van der Waals surface area contributed by atoms with E-state index in [1.165, 1.54) is 0 Å². The molecule has 0 amide bonds. The summed E-state index contributed by atoms with van der Waals surface area (Å²) in [6, 6.07) is -0.614. The predicted molar refractivity (Wildman–Crippen MR) is 53.2 cm³/mol. The number of ether oxygens (including phenoxy) is 1. The van der Waals surface area contributed by atoms with E-state index in [4.69, 9.17) is 10.5 Å². The quantitative estimate of drug-likeness (QED) is 0.535. The molecule has 0 saturated heterocycles. The molecular formula is C10H19NO2. The molecule has 0 fully saturated rings. The summed E-state index contributed by atoms with van der Waals surface area (Å²) < 4.78 is 5.11. The fourth-order valence-electron chi connectivity index (χ4n) is 0.731. The van der Waals surface area contributed by atoms with Crippen molar-refractivity contribution in [2.24, 2.45) is 11.7 Å². The molecule has 0 aliphatic rings. The highest BCUT2D eigenvalue weighted by Crippen LogP contribution is 2.11. The Balaban J connectivity index is 4.19. The van der Waals surface area contributed by atoms with E-state index in [0.717, 1.165) is 0 Å². The Hall–Kier alpha value is -0.830. The van der Waals surface area contributed by atoms with E-state index in [2.05, 4.69) is 6.58 Å². The maximum absolute atomic E-state index is 11.4. The van der Waals surface area contributed by atoms with Gasteiger partial charge in [-0.2, -0.15) is 0 Å². The minimum absolute atomic E-state index is 0.0603. The number of carbonyl (C=O) groups excluding carboxylic acids is 1. The Morgan fingerprint density at radius 3 is 2.31 bits per heavy atom. The van der Waals surface area contributed by atoms with Gasteiger partial charge >= 0.3 is 5.97 Å². The van der Waals surface area contributed by atoms with Crippen LogP contribution >= 0.6 is 0 Å². The third-order valence-corrected chi connectivity index (χ3v) is 1.62. The molecule has 2 unspecified atom stereocenters. The van der Waals surface area contributed by atoms with Gasteiger partial charge in [0.15, 0.2) is 0 Å². The molecule has 2 N–H and O–H groups in total. The topological polar surface area (TPSA) is 52.3 Å². The van der Waals surface area contributed by atoms with Crippen molar-refractivity contribution in [2.45, 2.75) is 39.3 Å². The van der Waals surface area contributed by atoms with E-state index in [0.29, 0.717) is 0 Å². The number of nitrogens with two attached hydrogens (primary N) is 1. The van der Waals surface area contributed by atoms with Gasteiger partial charge in [-0.25, -0.2) is 0 Å². The highest BCUT2D eigenvalue weighted by Gasteiger charge is 2.24. The summed E-state index contributed by atoms with van der Waals surface area (Å²) in [5.41, 5.74) is 5.16. The number of carbonyl (C=O) groups is 1. The van der Waals surface area contributed by atoms with Gasteiger partial charge in [0.25, 0.3) is 0 Å². The van der Waals surface area contributed by atoms with Crippen LogP contribution in [-0.4, -0.2) is 17.6 Å². The molecule has 3 nitrogen and oxygen atoms in total. The lowest BCUT2D eigenvalue weighted by Gasteiger charge is -2.23. The lowest BCUT2D eigenvalue weighted by Crippen LogP contribution is -2.41. The molecule has 0 aromatic carbocycles. The Bertz CT molecular complexity index is 194. The Morgan fingerprint density at radius 1 is 1.54 bits per heavy atom. The van der Waals surface area contributed by atoms with Gasteiger partial charge in [0.2, 0.25) is 0 Å². The second kappa shape index (κ2) is 4.42. The number of rotatable bonds is 3. The van der Waals surface area contributed by atoms with Crippen LogP contribution in [-0.2, 0) is 9.53 Å². The largest absolute Gasteiger partial charge is 0.459 e. The lowest BCUT2D eigenvalue weighted by atomic mass is 10.0. The molecule has 0 aliphatic heterocycles. The maximum atomic E-state index is 11.4. The number of esters is 1. The van der Waals surface area contributed by atoms with Crippen molar-refractivity contribution in [3.05, 3.63) is 12.7 Å². The summed E-state index contributed by atoms with van der Waals surface area (Å²) in [6.45, 7) is 10.9. The monoisotopic (exact) mass is 185 g/mol. The van der Waals surface area contributed by atoms with Crippen molar-refractivity contribution >= 4 is 5.97 Å². The highest BCUT2D eigenvalue weighted by molar-refractivity contribution is 5.76. The predicted octanol–water partition coefficient (Wildman–Crippen LogP) is 1.48. The molecule has 0 bridgehead atoms. The summed E-state index contributed by atoms with van der Waals surface area (Å²) in [4.78, 5) is 11.4. The van der Waals surface area contributed by atoms with E-state index in [9.17, 15) is 4.79 Å². The van der Waals surface area contributed by atoms with Crippen molar-refractivity contribution in [1.82, 2.24) is 0 Å². The van der Waals surface area contributed by atoms with Crippen LogP contribution in [0.5, 0.6) is 0 Å². The van der Waals surface area contributed by atoms with Crippen molar-refractivity contribution in [3.63, 3.8) is 0 Å². The fourth-order valence-corrected chi connectivity index (χ4v) is 0.731. The van der Waals surface area contributed by atoms with Gasteiger partial charge in [-0.1, -0.05) is 13.0 Å². The van der Waals surface area contributed by atoms with Crippen molar-refractivity contribution in [3.8, 4) is 0 Å². The van der Waals surface area contributed by atoms with Crippen LogP contribution in [0.25, 0.3) is 0 Å². The normalized spacial score (nSPS) is 16.1. The van der Waals surface area contributed by atoms with Gasteiger partial charge < -0.3 is 10.5 Å². The molecule has 0 aliphatic carbocycles. The molecule has 0 radical (unpaired) electrons. The number of hydrogen-bond donors (Lipinski definition) is 1. The first-order chi connectivity index (χ1) is 5.78. The van der Waals surface area contributed by atoms with Gasteiger partial charge in [0.05, 0.1) is 0 Å². The molecule has 0 aromatic rings. The molecular weight excluding hydrogens is 166 g/mol. The van der Waals surface area contributed by atoms with E-state index >= 15 is 0 Å². The zero-order valence-electron chi connectivity index (χ0n) is 8.83. The second-order valence-electron chi connectivity index (χ2n) is 4.15. The average Bonchev–Trinajstić information content (AvgIpc) is 1.98. The van der Waals surface area contributed by atoms with Crippen molar-refractivity contribution < 1.29 is 9.53 Å². The van der Waals surface area contributed by atoms with Gasteiger partial charge in [0, 0.05) is 0 Å². The van der Waals surface area contributed by atoms with Crippen LogP contribution in [0.2, 0.25) is 0 Å². The minimum Gasteiger partial charge on any atom is -0.459 e. The number of hydrogen-bond acceptors (Lipinski definition) is 3. The summed E-state index contributed by atoms with van der Waals surface area (Å²) in [6.07, 6.45) is 1.65. The van der Waals surface area contributed by atoms with E-state index < -0.39 is 11.6 Å². The molecule has 0 rings (SSSR count). The molecule has 3 heteroatoms. The van der Waals surface area contributed by atoms with Crippen molar-refractivity contribution in [1.29, 1.82) is 0 Å². The summed E-state index contributed by atoms with van der Waals surface area (Å²) in [5.74, 6) is -0.435. The third-order valence-electron chi connectivity index (χ3n) is 1.62. The molecule has 0 spiro atoms. The molecule has 13 heavy (non-hydrogen) atoms. The molecule has 0 aromatic heterocycles. The van der Waals surface area contributed by atoms with E-state index in [1.807, 2.05) is 27.7 Å². The van der Waals surface area contributed by atoms with E-state index in [-0.39, 0.29) is 11.9 Å². The zero-order valence-corrected chi connectivity index (χ0v) is 8.83. The Morgan fingerprint density at radius 2 is 2.00 bits per heavy atom. The minimum atomic E-state index is -0.614. The average molecular weight is 185 g/mol. The zero-order chi connectivity index (χ0) is 10.6. The van der Waals surface area contributed by atoms with Crippen molar-refractivity contribution in [2.75, 3.05) is 0 Å². The molecule has 76 valence electrons. The molecule has 0 saturated carbocycles. The first kappa shape index (κ1) is 12.2. The summed E-state index contributed by atoms with van der Waals surface area (Å²) >= 11 is 0. The Labute approximate surface area is 79.9 Å². The highest BCUT2D eigenvalue weighted by atomic mass is 16.6. The maximum Gasteiger partial charge on any atom is 0.324 e. The van der Waals surface area contributed by atoms with Crippen LogP contribution in [0.1, 0.15) is 27.7 Å². The lowest BCUT2D eigenvalue weighted by molar-refractivity contribution is -0.157. The van der Waals surface area contributed by atoms with Crippen LogP contribution in [0.3, 0.4) is 0 Å². The second-order valence-corrected chi connectivity index (χ2v) is 4.15. The molecule has 2 atom stereocenters. The molecule has 0 heterocycles. The van der Waals surface area contributed by atoms with Gasteiger partial charge in [0.1, 0.15) is 11.6 Å². The fraction of sp³-hybridized carbons (Fsp3) is 0.700. The van der Waals surface area contributed by atoms with Crippen LogP contribution in [0.15, 0.2) is 12.7 Å². The SMILES string of the molecule is C=CC(C)C(N)C(=O)OC(C)(C)C. The third kappa shape index (κ3) is 4.68. The van der Waals surface area contributed by atoms with Gasteiger partial charge in [-0.05, 0) is 26.7 Å². The first-order valence-electron chi connectivity index (χ1n) is 4.39. The smallest absolute Gasteiger partial charge is 0.324 e. The first-order valence-corrected chi connectivity index (χ1v) is 4.39. The van der Waals surface area contributed by atoms with Gasteiger partial charge in [-0.3, -0.25) is 4.79 Å². The van der Waals surface area contributed by atoms with E-state index in [1.54, 1.807) is 6.08 Å². The van der Waals surface area contributed by atoms with Crippen LogP contribution in [0, 0.1) is 5.92 Å². The summed E-state index contributed by atoms with van der Waals surface area (Å²) in [5, 5.41) is 0. The van der Waals surface area contributed by atoms with Crippen LogP contribution in [0.4, 0.5) is 0 Å². The summed E-state index contributed by atoms with van der Waals surface area (Å²) in [7, 11) is 0. The standard InChI is InChI=1S/C10H19NO2/c1-6-7(2)8(11)9(12)13-10(3,4)5/h6-8H,1,11H2,2-5H3. The Kier molecular flexibility index (Phi) is 4.14. The van der Waals surface area contributed by atoms with Gasteiger partial charge in [-0.15, -0.1) is 6.58 Å². The van der Waals surface area contributed by atoms with Crippen LogP contribution < -0.4 is 5.73 Å².